The predicted octanol–water partition coefficient (Wildman–Crippen LogP) is 8.10. The fourth-order valence-electron chi connectivity index (χ4n) is 4.97. The molecule has 0 fully saturated rings. The number of carboxylic acids is 1. The zero-order valence-electron chi connectivity index (χ0n) is 26.3. The van der Waals surface area contributed by atoms with E-state index in [-0.39, 0.29) is 18.0 Å². The highest BCUT2D eigenvalue weighted by molar-refractivity contribution is 7.99. The van der Waals surface area contributed by atoms with Crippen LogP contribution in [0.5, 0.6) is 0 Å². The number of anilines is 1. The second kappa shape index (κ2) is 15.1. The average Bonchev–Trinajstić information content (AvgIpc) is 3.53. The second-order valence-corrected chi connectivity index (χ2v) is 13.4. The first-order chi connectivity index (χ1) is 22.7. The number of thiazole rings is 1. The molecule has 2 N–H and O–H groups in total. The molecule has 5 rings (SSSR count). The minimum atomic E-state index is -1.26. The minimum Gasteiger partial charge on any atom is -0.476 e. The van der Waals surface area contributed by atoms with Gasteiger partial charge in [-0.25, -0.2) is 14.6 Å². The van der Waals surface area contributed by atoms with E-state index in [0.717, 1.165) is 21.6 Å². The van der Waals surface area contributed by atoms with Crippen LogP contribution in [-0.2, 0) is 19.9 Å². The number of ether oxygens (including phenoxy) is 1. The molecule has 1 heterocycles. The summed E-state index contributed by atoms with van der Waals surface area (Å²) in [6, 6.07) is 37.4. The van der Waals surface area contributed by atoms with Crippen LogP contribution in [0.4, 0.5) is 5.13 Å². The van der Waals surface area contributed by atoms with E-state index in [2.05, 4.69) is 51.9 Å². The first kappa shape index (κ1) is 33.4. The molecule has 0 saturated carbocycles. The van der Waals surface area contributed by atoms with Gasteiger partial charge in [-0.2, -0.15) is 0 Å². The van der Waals surface area contributed by atoms with Gasteiger partial charge in [-0.3, -0.25) is 0 Å². The third kappa shape index (κ3) is 8.27. The summed E-state index contributed by atoms with van der Waals surface area (Å²) >= 11 is 2.68. The molecule has 0 saturated heterocycles. The van der Waals surface area contributed by atoms with Crippen LogP contribution in [0.15, 0.2) is 131 Å². The number of nitrogens with zero attached hydrogens (tertiary/aromatic N) is 2. The molecule has 0 spiro atoms. The van der Waals surface area contributed by atoms with Gasteiger partial charge >= 0.3 is 11.9 Å². The molecule has 240 valence electrons. The molecule has 0 atom stereocenters. The average molecular weight is 666 g/mol. The second-order valence-electron chi connectivity index (χ2n) is 11.4. The highest BCUT2D eigenvalue weighted by atomic mass is 32.2. The molecule has 10 heteroatoms. The molecule has 0 aliphatic rings. The Morgan fingerprint density at radius 2 is 1.36 bits per heavy atom. The van der Waals surface area contributed by atoms with Crippen LogP contribution in [0.25, 0.3) is 0 Å². The van der Waals surface area contributed by atoms with Crippen LogP contribution in [0.3, 0.4) is 0 Å². The number of carboxylic acid groups (broad SMARTS) is 1. The van der Waals surface area contributed by atoms with E-state index >= 15 is 0 Å². The zero-order valence-corrected chi connectivity index (χ0v) is 27.9. The van der Waals surface area contributed by atoms with E-state index in [1.165, 1.54) is 23.1 Å². The fraction of sp³-hybridized carbons (Fsp3) is 0.189. The number of hydrogen-bond acceptors (Lipinski definition) is 9. The van der Waals surface area contributed by atoms with Crippen molar-refractivity contribution in [1.29, 1.82) is 0 Å². The van der Waals surface area contributed by atoms with Crippen molar-refractivity contribution in [1.82, 2.24) is 4.98 Å². The molecule has 0 unspecified atom stereocenters. The number of oxime groups is 1. The molecule has 47 heavy (non-hydrogen) atoms. The number of hydrogen-bond donors (Lipinski definition) is 2. The van der Waals surface area contributed by atoms with Crippen molar-refractivity contribution < 1.29 is 24.3 Å². The van der Waals surface area contributed by atoms with Gasteiger partial charge in [0.15, 0.2) is 5.13 Å². The molecule has 0 bridgehead atoms. The van der Waals surface area contributed by atoms with Crippen molar-refractivity contribution in [3.63, 3.8) is 0 Å². The number of esters is 1. The third-order valence-corrected chi connectivity index (χ3v) is 8.75. The fourth-order valence-corrected chi connectivity index (χ4v) is 6.58. The van der Waals surface area contributed by atoms with Gasteiger partial charge < -0.3 is 20.0 Å². The van der Waals surface area contributed by atoms with Crippen molar-refractivity contribution in [2.24, 2.45) is 5.16 Å². The summed E-state index contributed by atoms with van der Waals surface area (Å²) in [6.07, 6.45) is 0. The Hall–Kier alpha value is -4.93. The van der Waals surface area contributed by atoms with Gasteiger partial charge in [-0.05, 0) is 49.6 Å². The predicted molar refractivity (Wildman–Crippen MR) is 187 cm³/mol. The summed E-state index contributed by atoms with van der Waals surface area (Å²) in [5, 5.41) is 19.8. The normalized spacial score (nSPS) is 11.9. The number of carbonyl (C=O) groups excluding carboxylic acids is 1. The van der Waals surface area contributed by atoms with Gasteiger partial charge in [0.05, 0.1) is 5.56 Å². The maximum Gasteiger partial charge on any atom is 0.360 e. The maximum absolute atomic E-state index is 12.7. The molecule has 8 nitrogen and oxygen atoms in total. The number of rotatable bonds is 13. The Morgan fingerprint density at radius 3 is 1.89 bits per heavy atom. The van der Waals surface area contributed by atoms with E-state index in [4.69, 9.17) is 9.57 Å². The van der Waals surface area contributed by atoms with Crippen molar-refractivity contribution in [2.75, 3.05) is 17.7 Å². The van der Waals surface area contributed by atoms with Crippen LogP contribution >= 0.6 is 23.1 Å². The number of aromatic nitrogens is 1. The molecule has 4 aromatic carbocycles. The summed E-state index contributed by atoms with van der Waals surface area (Å²) in [6.45, 7) is 5.57. The van der Waals surface area contributed by atoms with Crippen molar-refractivity contribution in [2.45, 2.75) is 36.8 Å². The van der Waals surface area contributed by atoms with Crippen LogP contribution in [0.2, 0.25) is 0 Å². The lowest BCUT2D eigenvalue weighted by Gasteiger charge is -2.36. The topological polar surface area (TPSA) is 110 Å². The Labute approximate surface area is 282 Å². The number of nitrogens with one attached hydrogen (secondary N) is 1. The van der Waals surface area contributed by atoms with Crippen molar-refractivity contribution >= 4 is 45.9 Å². The molecule has 0 amide bonds. The molecule has 1 aromatic heterocycles. The number of thioether (sulfide) groups is 1. The van der Waals surface area contributed by atoms with Gasteiger partial charge in [-0.15, -0.1) is 23.1 Å². The highest BCUT2D eigenvalue weighted by Gasteiger charge is 2.37. The standard InChI is InChI=1S/C37H35N3O5S2/c1-36(2,3)45-34(43)29-21-13-14-22-31(29)46-24-23-44-40-32(33(41)42)30-25-47-35(38-30)39-37(26-15-7-4-8-16-26,27-17-9-5-10-18-27)28-19-11-6-12-20-28/h4-22,25H,23-24H2,1-3H3,(H,38,39)(H,41,42)/b40-32+. The van der Waals surface area contributed by atoms with Gasteiger partial charge in [0.2, 0.25) is 5.71 Å². The number of aliphatic carboxylic acids is 1. The van der Waals surface area contributed by atoms with Crippen molar-refractivity contribution in [3.05, 3.63) is 149 Å². The lowest BCUT2D eigenvalue weighted by Crippen LogP contribution is -2.38. The minimum absolute atomic E-state index is 0.110. The third-order valence-electron chi connectivity index (χ3n) is 6.96. The molecule has 0 aliphatic carbocycles. The largest absolute Gasteiger partial charge is 0.476 e. The van der Waals surface area contributed by atoms with Gasteiger partial charge in [0.1, 0.15) is 23.4 Å². The smallest absolute Gasteiger partial charge is 0.360 e. The maximum atomic E-state index is 12.7. The van der Waals surface area contributed by atoms with Gasteiger partial charge in [0.25, 0.3) is 0 Å². The summed E-state index contributed by atoms with van der Waals surface area (Å²) in [5.74, 6) is -1.24. The van der Waals surface area contributed by atoms with Gasteiger partial charge in [0, 0.05) is 16.0 Å². The molecular weight excluding hydrogens is 631 g/mol. The van der Waals surface area contributed by atoms with E-state index in [1.807, 2.05) is 87.5 Å². The Morgan fingerprint density at radius 1 is 0.830 bits per heavy atom. The molecule has 0 radical (unpaired) electrons. The number of benzene rings is 4. The van der Waals surface area contributed by atoms with E-state index in [0.29, 0.717) is 16.4 Å². The lowest BCUT2D eigenvalue weighted by molar-refractivity contribution is -0.129. The summed E-state index contributed by atoms with van der Waals surface area (Å²) in [4.78, 5) is 35.8. The van der Waals surface area contributed by atoms with Crippen LogP contribution in [-0.4, -0.2) is 45.7 Å². The monoisotopic (exact) mass is 665 g/mol. The summed E-state index contributed by atoms with van der Waals surface area (Å²) < 4.78 is 5.52. The molecular formula is C37H35N3O5S2. The van der Waals surface area contributed by atoms with E-state index in [1.54, 1.807) is 17.5 Å². The number of carbonyl (C=O) groups is 2. The Kier molecular flexibility index (Phi) is 10.7. The summed E-state index contributed by atoms with van der Waals surface area (Å²) in [5.41, 5.74) is 1.89. The summed E-state index contributed by atoms with van der Waals surface area (Å²) in [7, 11) is 0. The van der Waals surface area contributed by atoms with E-state index < -0.39 is 23.1 Å². The van der Waals surface area contributed by atoms with Gasteiger partial charge in [-0.1, -0.05) is 108 Å². The van der Waals surface area contributed by atoms with Crippen LogP contribution in [0.1, 0.15) is 53.5 Å². The van der Waals surface area contributed by atoms with Crippen LogP contribution < -0.4 is 5.32 Å². The zero-order chi connectivity index (χ0) is 33.3. The van der Waals surface area contributed by atoms with E-state index in [9.17, 15) is 14.7 Å². The highest BCUT2D eigenvalue weighted by Crippen LogP contribution is 2.40. The SMILES string of the molecule is CC(C)(C)OC(=O)c1ccccc1SCCO/N=C(/C(=O)O)c1csc(NC(c2ccccc2)(c2ccccc2)c2ccccc2)n1. The quantitative estimate of drug-likeness (QED) is 0.0324. The molecule has 5 aromatic rings. The Balaban J connectivity index is 1.35. The van der Waals surface area contributed by atoms with Crippen LogP contribution in [0, 0.1) is 0 Å². The lowest BCUT2D eigenvalue weighted by atomic mass is 9.77. The van der Waals surface area contributed by atoms with Crippen molar-refractivity contribution in [3.8, 4) is 0 Å². The Bertz CT molecular complexity index is 1720. The first-order valence-corrected chi connectivity index (χ1v) is 16.8. The molecule has 0 aliphatic heterocycles. The first-order valence-electron chi connectivity index (χ1n) is 15.0.